The number of thiazole rings is 1. The Morgan fingerprint density at radius 1 is 1.00 bits per heavy atom. The maximum Gasteiger partial charge on any atom is 0.305 e. The lowest BCUT2D eigenvalue weighted by Crippen LogP contribution is -2.59. The summed E-state index contributed by atoms with van der Waals surface area (Å²) in [6.45, 7) is 4.30. The fourth-order valence-electron chi connectivity index (χ4n) is 3.39. The summed E-state index contributed by atoms with van der Waals surface area (Å²) in [5.74, 6) is -2.75. The Labute approximate surface area is 197 Å². The van der Waals surface area contributed by atoms with Crippen molar-refractivity contribution in [3.8, 4) is 11.4 Å². The van der Waals surface area contributed by atoms with Gasteiger partial charge in [0.05, 0.1) is 6.20 Å². The van der Waals surface area contributed by atoms with Gasteiger partial charge < -0.3 is 29.4 Å². The molecule has 1 aliphatic heterocycles. The zero-order valence-corrected chi connectivity index (χ0v) is 19.5. The van der Waals surface area contributed by atoms with Crippen LogP contribution in [0.3, 0.4) is 0 Å². The Balaban J connectivity index is 2.08. The van der Waals surface area contributed by atoms with Gasteiger partial charge in [-0.05, 0) is 0 Å². The zero-order valence-electron chi connectivity index (χ0n) is 18.7. The fourth-order valence-corrected chi connectivity index (χ4v) is 3.94. The number of hydrogen-bond donors (Lipinski definition) is 1. The van der Waals surface area contributed by atoms with Gasteiger partial charge >= 0.3 is 23.9 Å². The standard InChI is InChI=1S/C19H23N5O9S/c1-8(25)29-6-14-16(30-9(2)26)15(17(31-10(3)27)18(33-14)32-11(4)28)24-5-12(22-23-24)13-7-34-19(20)21-13/h5,7,14-18H,6H2,1-4H3,(H2,20,21)/t14?,15?,16-,17?,18+/m0/s1. The molecule has 2 N–H and O–H groups in total. The normalized spacial score (nSPS) is 24.2. The van der Waals surface area contributed by atoms with E-state index in [0.29, 0.717) is 16.5 Å². The molecule has 34 heavy (non-hydrogen) atoms. The van der Waals surface area contributed by atoms with Crippen LogP contribution >= 0.6 is 11.3 Å². The number of nitrogens with zero attached hydrogens (tertiary/aromatic N) is 4. The Morgan fingerprint density at radius 3 is 2.21 bits per heavy atom. The van der Waals surface area contributed by atoms with E-state index in [0.717, 1.165) is 13.8 Å². The summed E-state index contributed by atoms with van der Waals surface area (Å²) in [5.41, 5.74) is 6.47. The highest BCUT2D eigenvalue weighted by Crippen LogP contribution is 2.36. The number of aromatic nitrogens is 4. The van der Waals surface area contributed by atoms with Gasteiger partial charge in [-0.25, -0.2) is 9.67 Å². The SMILES string of the molecule is CC(=O)OCC1O[C@@H](OC(C)=O)C(OC(C)=O)C(n2cc(-c3csc(N)n3)nn2)[C@H]1OC(C)=O. The molecule has 1 saturated heterocycles. The summed E-state index contributed by atoms with van der Waals surface area (Å²) >= 11 is 1.20. The second-order valence-electron chi connectivity index (χ2n) is 7.25. The minimum atomic E-state index is -1.43. The van der Waals surface area contributed by atoms with Gasteiger partial charge in [0.1, 0.15) is 30.1 Å². The molecule has 14 nitrogen and oxygen atoms in total. The van der Waals surface area contributed by atoms with Crippen molar-refractivity contribution in [3.05, 3.63) is 11.6 Å². The monoisotopic (exact) mass is 497 g/mol. The van der Waals surface area contributed by atoms with Gasteiger partial charge in [0.25, 0.3) is 0 Å². The van der Waals surface area contributed by atoms with Gasteiger partial charge in [-0.15, -0.1) is 16.4 Å². The van der Waals surface area contributed by atoms with Crippen molar-refractivity contribution in [1.82, 2.24) is 20.0 Å². The predicted octanol–water partition coefficient (Wildman–Crippen LogP) is 0.239. The average molecular weight is 497 g/mol. The topological polar surface area (TPSA) is 184 Å². The molecule has 0 aromatic carbocycles. The van der Waals surface area contributed by atoms with Crippen molar-refractivity contribution in [2.24, 2.45) is 0 Å². The van der Waals surface area contributed by atoms with E-state index in [1.807, 2.05) is 0 Å². The second kappa shape index (κ2) is 10.6. The molecular weight excluding hydrogens is 474 g/mol. The van der Waals surface area contributed by atoms with Gasteiger partial charge in [0.2, 0.25) is 6.29 Å². The number of ether oxygens (including phenoxy) is 5. The number of carbonyl (C=O) groups excluding carboxylic acids is 4. The Morgan fingerprint density at radius 2 is 1.65 bits per heavy atom. The lowest BCUT2D eigenvalue weighted by molar-refractivity contribution is -0.285. The quantitative estimate of drug-likeness (QED) is 0.405. The zero-order chi connectivity index (χ0) is 25.0. The van der Waals surface area contributed by atoms with Crippen LogP contribution in [0.5, 0.6) is 0 Å². The van der Waals surface area contributed by atoms with Crippen LogP contribution in [-0.2, 0) is 42.9 Å². The molecule has 1 fully saturated rings. The van der Waals surface area contributed by atoms with Crippen molar-refractivity contribution < 1.29 is 42.9 Å². The number of esters is 4. The van der Waals surface area contributed by atoms with Crippen LogP contribution in [0.15, 0.2) is 11.6 Å². The van der Waals surface area contributed by atoms with Gasteiger partial charge in [-0.3, -0.25) is 19.2 Å². The maximum atomic E-state index is 11.9. The molecule has 15 heteroatoms. The van der Waals surface area contributed by atoms with E-state index in [1.54, 1.807) is 5.38 Å². The number of carbonyl (C=O) groups is 4. The van der Waals surface area contributed by atoms with Crippen LogP contribution in [0.25, 0.3) is 11.4 Å². The molecule has 0 amide bonds. The largest absolute Gasteiger partial charge is 0.463 e. The van der Waals surface area contributed by atoms with E-state index >= 15 is 0 Å². The van der Waals surface area contributed by atoms with Crippen LogP contribution in [0.1, 0.15) is 33.7 Å². The Hall–Kier alpha value is -3.59. The summed E-state index contributed by atoms with van der Waals surface area (Å²) < 4.78 is 28.2. The third-order valence-electron chi connectivity index (χ3n) is 4.55. The first-order valence-electron chi connectivity index (χ1n) is 9.98. The highest BCUT2D eigenvalue weighted by molar-refractivity contribution is 7.13. The summed E-state index contributed by atoms with van der Waals surface area (Å²) in [6.07, 6.45) is -3.53. The minimum Gasteiger partial charge on any atom is -0.463 e. The Kier molecular flexibility index (Phi) is 7.78. The van der Waals surface area contributed by atoms with E-state index in [1.165, 1.54) is 36.1 Å². The maximum absolute atomic E-state index is 11.9. The first-order chi connectivity index (χ1) is 16.0. The highest BCUT2D eigenvalue weighted by atomic mass is 32.1. The van der Waals surface area contributed by atoms with Crippen molar-refractivity contribution in [3.63, 3.8) is 0 Å². The smallest absolute Gasteiger partial charge is 0.305 e. The third kappa shape index (κ3) is 6.05. The molecular formula is C19H23N5O9S. The molecule has 5 atom stereocenters. The molecule has 2 aromatic heterocycles. The first-order valence-corrected chi connectivity index (χ1v) is 10.9. The summed E-state index contributed by atoms with van der Waals surface area (Å²) in [5, 5.41) is 10.2. The van der Waals surface area contributed by atoms with Crippen LogP contribution in [0.2, 0.25) is 0 Å². The third-order valence-corrected chi connectivity index (χ3v) is 5.23. The number of hydrogen-bond acceptors (Lipinski definition) is 14. The number of rotatable bonds is 7. The average Bonchev–Trinajstić information content (AvgIpc) is 3.36. The lowest BCUT2D eigenvalue weighted by Gasteiger charge is -2.44. The summed E-state index contributed by atoms with van der Waals surface area (Å²) in [6, 6.07) is -1.08. The molecule has 0 aliphatic carbocycles. The van der Waals surface area contributed by atoms with Crippen LogP contribution in [0.4, 0.5) is 5.13 Å². The summed E-state index contributed by atoms with van der Waals surface area (Å²) in [7, 11) is 0. The van der Waals surface area contributed by atoms with Gasteiger partial charge in [0, 0.05) is 33.1 Å². The molecule has 0 bridgehead atoms. The van der Waals surface area contributed by atoms with Crippen LogP contribution in [0, 0.1) is 0 Å². The van der Waals surface area contributed by atoms with Crippen molar-refractivity contribution >= 4 is 40.3 Å². The molecule has 3 unspecified atom stereocenters. The summed E-state index contributed by atoms with van der Waals surface area (Å²) in [4.78, 5) is 51.2. The highest BCUT2D eigenvalue weighted by Gasteiger charge is 2.53. The first kappa shape index (κ1) is 25.0. The minimum absolute atomic E-state index is 0.322. The molecule has 0 saturated carbocycles. The van der Waals surface area contributed by atoms with E-state index in [-0.39, 0.29) is 6.61 Å². The molecule has 0 spiro atoms. The number of anilines is 1. The van der Waals surface area contributed by atoms with Crippen molar-refractivity contribution in [2.45, 2.75) is 58.3 Å². The van der Waals surface area contributed by atoms with E-state index < -0.39 is 54.5 Å². The number of nitrogens with two attached hydrogens (primary N) is 1. The van der Waals surface area contributed by atoms with E-state index in [9.17, 15) is 19.2 Å². The lowest BCUT2D eigenvalue weighted by atomic mass is 9.95. The van der Waals surface area contributed by atoms with E-state index in [2.05, 4.69) is 15.3 Å². The molecule has 1 aliphatic rings. The fraction of sp³-hybridized carbons (Fsp3) is 0.526. The van der Waals surface area contributed by atoms with Crippen LogP contribution in [-0.4, -0.2) is 75.1 Å². The molecule has 3 heterocycles. The second-order valence-corrected chi connectivity index (χ2v) is 8.14. The van der Waals surface area contributed by atoms with E-state index in [4.69, 9.17) is 29.4 Å². The Bertz CT molecular complexity index is 1070. The number of nitrogen functional groups attached to an aromatic ring is 1. The van der Waals surface area contributed by atoms with Crippen molar-refractivity contribution in [1.29, 1.82) is 0 Å². The molecule has 0 radical (unpaired) electrons. The van der Waals surface area contributed by atoms with Crippen molar-refractivity contribution in [2.75, 3.05) is 12.3 Å². The van der Waals surface area contributed by atoms with Crippen LogP contribution < -0.4 is 5.73 Å². The molecule has 2 aromatic rings. The molecule has 184 valence electrons. The molecule has 3 rings (SSSR count). The van der Waals surface area contributed by atoms with Gasteiger partial charge in [0.15, 0.2) is 17.3 Å². The van der Waals surface area contributed by atoms with Gasteiger partial charge in [-0.1, -0.05) is 5.21 Å². The predicted molar refractivity (Wildman–Crippen MR) is 113 cm³/mol. The van der Waals surface area contributed by atoms with Gasteiger partial charge in [-0.2, -0.15) is 0 Å².